The van der Waals surface area contributed by atoms with E-state index in [1.54, 1.807) is 12.1 Å². The molecule has 0 aliphatic carbocycles. The van der Waals surface area contributed by atoms with Crippen LogP contribution in [0.15, 0.2) is 23.4 Å². The fourth-order valence-electron chi connectivity index (χ4n) is 2.86. The molecule has 1 atom stereocenters. The molecule has 1 aliphatic rings. The van der Waals surface area contributed by atoms with Crippen molar-refractivity contribution < 1.29 is 29.6 Å². The van der Waals surface area contributed by atoms with Gasteiger partial charge < -0.3 is 25.7 Å². The van der Waals surface area contributed by atoms with Crippen molar-refractivity contribution in [1.29, 1.82) is 0 Å². The molecule has 27 heavy (non-hydrogen) atoms. The van der Waals surface area contributed by atoms with Crippen molar-refractivity contribution >= 4 is 52.7 Å². The first kappa shape index (κ1) is 19.1. The quantitative estimate of drug-likeness (QED) is 0.252. The van der Waals surface area contributed by atoms with E-state index in [1.807, 2.05) is 0 Å². The zero-order chi connectivity index (χ0) is 19.7. The molecule has 0 saturated carbocycles. The molecular formula is C15H13BClN3O6S. The molecule has 1 aliphatic heterocycles. The van der Waals surface area contributed by atoms with Crippen LogP contribution in [0.25, 0.3) is 0 Å². The normalized spacial score (nSPS) is 16.6. The maximum atomic E-state index is 12.6. The van der Waals surface area contributed by atoms with Crippen LogP contribution in [0.4, 0.5) is 5.13 Å². The van der Waals surface area contributed by atoms with E-state index in [4.69, 9.17) is 22.0 Å². The number of carbonyl (C=O) groups is 2. The number of aromatic nitrogens is 1. The molecule has 0 amide bonds. The van der Waals surface area contributed by atoms with Crippen LogP contribution in [0, 0.1) is 0 Å². The van der Waals surface area contributed by atoms with Crippen molar-refractivity contribution in [2.45, 2.75) is 18.7 Å². The summed E-state index contributed by atoms with van der Waals surface area (Å²) in [5, 5.41) is 31.7. The third kappa shape index (κ3) is 3.75. The number of carbonyl (C=O) groups excluding carboxylic acids is 1. The van der Waals surface area contributed by atoms with Crippen LogP contribution in [0.3, 0.4) is 0 Å². The number of nitrogen functional groups attached to an aromatic ring is 1. The largest absolute Gasteiger partial charge is 0.535 e. The van der Waals surface area contributed by atoms with Gasteiger partial charge in [0.15, 0.2) is 16.6 Å². The van der Waals surface area contributed by atoms with E-state index in [0.29, 0.717) is 5.56 Å². The molecule has 5 N–H and O–H groups in total. The predicted octanol–water partition coefficient (Wildman–Crippen LogP) is 1.70. The summed E-state index contributed by atoms with van der Waals surface area (Å²) in [6.45, 7) is 0. The first-order valence-corrected chi connectivity index (χ1v) is 8.88. The SMILES string of the molecule is Nc1nc(/C(=N/O)C(=O)C[C@H]2Cc3cccc(C(=O)O)c3OB2O)c(Cl)s1. The Labute approximate surface area is 162 Å². The summed E-state index contributed by atoms with van der Waals surface area (Å²) in [7, 11) is -1.40. The minimum absolute atomic E-state index is 0.0357. The van der Waals surface area contributed by atoms with Crippen molar-refractivity contribution in [3.05, 3.63) is 39.4 Å². The van der Waals surface area contributed by atoms with Crippen LogP contribution in [0.5, 0.6) is 5.75 Å². The van der Waals surface area contributed by atoms with Gasteiger partial charge in [-0.3, -0.25) is 4.79 Å². The number of nitrogens with two attached hydrogens (primary N) is 1. The molecule has 2 heterocycles. The highest BCUT2D eigenvalue weighted by atomic mass is 35.5. The zero-order valence-corrected chi connectivity index (χ0v) is 15.2. The van der Waals surface area contributed by atoms with Crippen LogP contribution >= 0.6 is 22.9 Å². The zero-order valence-electron chi connectivity index (χ0n) is 13.6. The second-order valence-corrected chi connectivity index (χ2v) is 7.45. The van der Waals surface area contributed by atoms with E-state index < -0.39 is 24.7 Å². The van der Waals surface area contributed by atoms with Gasteiger partial charge in [0.1, 0.15) is 15.8 Å². The summed E-state index contributed by atoms with van der Waals surface area (Å²) in [4.78, 5) is 27.7. The molecule has 140 valence electrons. The second-order valence-electron chi connectivity index (χ2n) is 5.82. The van der Waals surface area contributed by atoms with Gasteiger partial charge in [0, 0.05) is 12.2 Å². The molecule has 9 nitrogen and oxygen atoms in total. The lowest BCUT2D eigenvalue weighted by molar-refractivity contribution is -0.113. The molecule has 0 saturated heterocycles. The smallest absolute Gasteiger partial charge is 0.526 e. The third-order valence-electron chi connectivity index (χ3n) is 4.09. The molecule has 3 rings (SSSR count). The molecule has 1 aromatic heterocycles. The fourth-order valence-corrected chi connectivity index (χ4v) is 3.79. The number of oxime groups is 1. The maximum Gasteiger partial charge on any atom is 0.526 e. The third-order valence-corrected chi connectivity index (χ3v) is 5.17. The Bertz CT molecular complexity index is 950. The van der Waals surface area contributed by atoms with Gasteiger partial charge in [-0.05, 0) is 18.1 Å². The van der Waals surface area contributed by atoms with Crippen LogP contribution in [0.1, 0.15) is 28.0 Å². The number of rotatable bonds is 5. The number of nitrogens with zero attached hydrogens (tertiary/aromatic N) is 2. The number of fused-ring (bicyclic) bond motifs is 1. The number of para-hydroxylation sites is 1. The summed E-state index contributed by atoms with van der Waals surface area (Å²) in [5.41, 5.74) is 5.61. The first-order chi connectivity index (χ1) is 12.8. The van der Waals surface area contributed by atoms with Gasteiger partial charge >= 0.3 is 13.1 Å². The summed E-state index contributed by atoms with van der Waals surface area (Å²) in [5.74, 6) is -2.40. The van der Waals surface area contributed by atoms with Crippen LogP contribution in [0.2, 0.25) is 10.2 Å². The van der Waals surface area contributed by atoms with Gasteiger partial charge in [0.2, 0.25) is 0 Å². The fraction of sp³-hybridized carbons (Fsp3) is 0.200. The van der Waals surface area contributed by atoms with Crippen molar-refractivity contribution in [3.63, 3.8) is 0 Å². The lowest BCUT2D eigenvalue weighted by Crippen LogP contribution is -2.36. The van der Waals surface area contributed by atoms with Gasteiger partial charge in [-0.2, -0.15) is 0 Å². The van der Waals surface area contributed by atoms with Crippen molar-refractivity contribution in [1.82, 2.24) is 4.98 Å². The molecule has 0 fully saturated rings. The lowest BCUT2D eigenvalue weighted by Gasteiger charge is -2.27. The average molecular weight is 410 g/mol. The summed E-state index contributed by atoms with van der Waals surface area (Å²) >= 11 is 6.88. The first-order valence-electron chi connectivity index (χ1n) is 7.69. The summed E-state index contributed by atoms with van der Waals surface area (Å²) in [6.07, 6.45) is -0.0277. The minimum atomic E-state index is -1.40. The van der Waals surface area contributed by atoms with Gasteiger partial charge in [-0.25, -0.2) is 9.78 Å². The predicted molar refractivity (Wildman–Crippen MR) is 98.9 cm³/mol. The average Bonchev–Trinajstić information content (AvgIpc) is 2.93. The maximum absolute atomic E-state index is 12.6. The standard InChI is InChI=1S/C15H13BClN3O6S/c17-13-11(19-15(18)27-13)10(20-25)9(21)5-7-4-6-2-1-3-8(14(22)23)12(6)26-16(7)24/h1-3,7,24-25H,4-5H2,(H2,18,19)(H,22,23)/b20-10+/t7-/m1/s1. The number of thiazole rings is 1. The Morgan fingerprint density at radius 1 is 1.48 bits per heavy atom. The molecule has 2 aromatic rings. The van der Waals surface area contributed by atoms with E-state index in [9.17, 15) is 24.9 Å². The highest BCUT2D eigenvalue weighted by molar-refractivity contribution is 7.19. The number of benzene rings is 1. The number of hydrogen-bond acceptors (Lipinski definition) is 9. The number of halogens is 1. The molecule has 1 aromatic carbocycles. The molecule has 12 heteroatoms. The van der Waals surface area contributed by atoms with Crippen LogP contribution < -0.4 is 10.4 Å². The monoisotopic (exact) mass is 409 g/mol. The van der Waals surface area contributed by atoms with E-state index in [-0.39, 0.29) is 45.0 Å². The Morgan fingerprint density at radius 3 is 2.81 bits per heavy atom. The van der Waals surface area contributed by atoms with Gasteiger partial charge in [-0.15, -0.1) is 0 Å². The number of aromatic carboxylic acids is 1. The van der Waals surface area contributed by atoms with Gasteiger partial charge in [0.05, 0.1) is 5.56 Å². The van der Waals surface area contributed by atoms with E-state index in [0.717, 1.165) is 11.3 Å². The van der Waals surface area contributed by atoms with Crippen molar-refractivity contribution in [2.75, 3.05) is 5.73 Å². The number of ketones is 1. The van der Waals surface area contributed by atoms with Crippen molar-refractivity contribution in [2.24, 2.45) is 5.16 Å². The van der Waals surface area contributed by atoms with E-state index in [2.05, 4.69) is 10.1 Å². The topological polar surface area (TPSA) is 155 Å². The number of Topliss-reactive ketones (excluding diaryl/α,β-unsaturated/α-hetero) is 1. The number of carboxylic acid groups (broad SMARTS) is 1. The second kappa shape index (κ2) is 7.55. The molecule has 0 spiro atoms. The number of anilines is 1. The van der Waals surface area contributed by atoms with Crippen LogP contribution in [-0.2, 0) is 11.2 Å². The molecule has 0 bridgehead atoms. The molecule has 0 radical (unpaired) electrons. The van der Waals surface area contributed by atoms with Gasteiger partial charge in [0.25, 0.3) is 0 Å². The Morgan fingerprint density at radius 2 is 2.22 bits per heavy atom. The highest BCUT2D eigenvalue weighted by Gasteiger charge is 2.39. The number of carboxylic acids is 1. The Hall–Kier alpha value is -2.63. The van der Waals surface area contributed by atoms with E-state index >= 15 is 0 Å². The lowest BCUT2D eigenvalue weighted by atomic mass is 9.64. The van der Waals surface area contributed by atoms with E-state index in [1.165, 1.54) is 6.07 Å². The highest BCUT2D eigenvalue weighted by Crippen LogP contribution is 2.36. The summed E-state index contributed by atoms with van der Waals surface area (Å²) in [6, 6.07) is 4.58. The summed E-state index contributed by atoms with van der Waals surface area (Å²) < 4.78 is 5.45. The van der Waals surface area contributed by atoms with Gasteiger partial charge in [-0.1, -0.05) is 40.2 Å². The van der Waals surface area contributed by atoms with Crippen LogP contribution in [-0.4, -0.2) is 44.9 Å². The number of hydrogen-bond donors (Lipinski definition) is 4. The molecule has 0 unspecified atom stereocenters. The minimum Gasteiger partial charge on any atom is -0.535 e. The Balaban J connectivity index is 1.82. The molecular weight excluding hydrogens is 397 g/mol. The Kier molecular flexibility index (Phi) is 5.35. The van der Waals surface area contributed by atoms with Crippen molar-refractivity contribution in [3.8, 4) is 5.75 Å².